The minimum Gasteiger partial charge on any atom is -0.465 e. The predicted molar refractivity (Wildman–Crippen MR) is 98.4 cm³/mol. The fourth-order valence-corrected chi connectivity index (χ4v) is 2.49. The van der Waals surface area contributed by atoms with E-state index < -0.39 is 24.5 Å². The third kappa shape index (κ3) is 4.27. The van der Waals surface area contributed by atoms with Crippen molar-refractivity contribution in [2.45, 2.75) is 0 Å². The smallest absolute Gasteiger partial charge is 0.358 e. The number of ether oxygens (including phenoxy) is 2. The molecular formula is C20H16N2O5. The Bertz CT molecular complexity index is 993. The zero-order valence-electron chi connectivity index (χ0n) is 14.5. The number of methoxy groups -OCH3 is 1. The first kappa shape index (κ1) is 18.1. The number of hydrogen-bond donors (Lipinski definition) is 1. The van der Waals surface area contributed by atoms with Gasteiger partial charge in [-0.1, -0.05) is 24.3 Å². The van der Waals surface area contributed by atoms with E-state index in [1.807, 2.05) is 12.1 Å². The van der Waals surface area contributed by atoms with Crippen molar-refractivity contribution in [2.24, 2.45) is 0 Å². The van der Waals surface area contributed by atoms with Gasteiger partial charge in [-0.15, -0.1) is 0 Å². The van der Waals surface area contributed by atoms with E-state index in [4.69, 9.17) is 4.74 Å². The van der Waals surface area contributed by atoms with E-state index in [0.717, 1.165) is 5.39 Å². The Morgan fingerprint density at radius 2 is 1.70 bits per heavy atom. The van der Waals surface area contributed by atoms with Gasteiger partial charge in [0.05, 0.1) is 12.7 Å². The second-order valence-corrected chi connectivity index (χ2v) is 5.57. The van der Waals surface area contributed by atoms with E-state index in [1.165, 1.54) is 25.4 Å². The van der Waals surface area contributed by atoms with Crippen molar-refractivity contribution < 1.29 is 23.9 Å². The topological polar surface area (TPSA) is 94.6 Å². The van der Waals surface area contributed by atoms with E-state index in [1.54, 1.807) is 30.3 Å². The Labute approximate surface area is 154 Å². The first-order valence-electron chi connectivity index (χ1n) is 8.07. The highest BCUT2D eigenvalue weighted by atomic mass is 16.5. The van der Waals surface area contributed by atoms with E-state index in [2.05, 4.69) is 15.0 Å². The van der Waals surface area contributed by atoms with Crippen molar-refractivity contribution >= 4 is 34.3 Å². The highest BCUT2D eigenvalue weighted by Gasteiger charge is 2.15. The molecule has 1 N–H and O–H groups in total. The van der Waals surface area contributed by atoms with Crippen LogP contribution in [0.3, 0.4) is 0 Å². The normalized spacial score (nSPS) is 10.3. The highest BCUT2D eigenvalue weighted by molar-refractivity contribution is 6.03. The van der Waals surface area contributed by atoms with Gasteiger partial charge in [0.1, 0.15) is 0 Å². The summed E-state index contributed by atoms with van der Waals surface area (Å²) < 4.78 is 9.67. The maximum atomic E-state index is 12.3. The standard InChI is InChI=1S/C20H16N2O5/c1-26-19(24)14-6-8-15(9-7-14)22-17(23)12-27-20(25)18-16-5-3-2-4-13(16)10-11-21-18/h2-11H,12H2,1H3,(H,22,23). The van der Waals surface area contributed by atoms with Gasteiger partial charge in [-0.05, 0) is 35.7 Å². The summed E-state index contributed by atoms with van der Waals surface area (Å²) in [5, 5.41) is 4.09. The SMILES string of the molecule is COC(=O)c1ccc(NC(=O)COC(=O)c2nccc3ccccc23)cc1. The lowest BCUT2D eigenvalue weighted by atomic mass is 10.1. The predicted octanol–water partition coefficient (Wildman–Crippen LogP) is 2.82. The van der Waals surface area contributed by atoms with Gasteiger partial charge in [0.2, 0.25) is 0 Å². The van der Waals surface area contributed by atoms with Crippen molar-refractivity contribution in [1.29, 1.82) is 0 Å². The summed E-state index contributed by atoms with van der Waals surface area (Å²) in [6.45, 7) is -0.456. The van der Waals surface area contributed by atoms with Crippen LogP contribution in [0.5, 0.6) is 0 Å². The molecule has 0 saturated carbocycles. The molecule has 7 nitrogen and oxygen atoms in total. The number of fused-ring (bicyclic) bond motifs is 1. The number of nitrogens with one attached hydrogen (secondary N) is 1. The number of hydrogen-bond acceptors (Lipinski definition) is 6. The maximum Gasteiger partial charge on any atom is 0.358 e. The van der Waals surface area contributed by atoms with Gasteiger partial charge in [-0.2, -0.15) is 0 Å². The second kappa shape index (κ2) is 8.09. The number of benzene rings is 2. The van der Waals surface area contributed by atoms with Crippen LogP contribution < -0.4 is 5.32 Å². The van der Waals surface area contributed by atoms with Crippen LogP contribution in [0.15, 0.2) is 60.8 Å². The molecule has 0 aliphatic carbocycles. The Morgan fingerprint density at radius 3 is 2.44 bits per heavy atom. The minimum atomic E-state index is -0.678. The van der Waals surface area contributed by atoms with Gasteiger partial charge in [-0.25, -0.2) is 14.6 Å². The number of rotatable bonds is 5. The molecule has 0 aliphatic rings. The summed E-state index contributed by atoms with van der Waals surface area (Å²) in [4.78, 5) is 39.7. The molecule has 0 aliphatic heterocycles. The van der Waals surface area contributed by atoms with Crippen LogP contribution >= 0.6 is 0 Å². The largest absolute Gasteiger partial charge is 0.465 e. The third-order valence-corrected chi connectivity index (χ3v) is 3.79. The zero-order valence-corrected chi connectivity index (χ0v) is 14.5. The van der Waals surface area contributed by atoms with Crippen LogP contribution in [0.2, 0.25) is 0 Å². The van der Waals surface area contributed by atoms with Crippen LogP contribution in [0.25, 0.3) is 10.8 Å². The lowest BCUT2D eigenvalue weighted by molar-refractivity contribution is -0.119. The number of amides is 1. The van der Waals surface area contributed by atoms with Gasteiger partial charge in [0, 0.05) is 17.3 Å². The van der Waals surface area contributed by atoms with Crippen LogP contribution in [0.1, 0.15) is 20.8 Å². The van der Waals surface area contributed by atoms with Crippen LogP contribution in [-0.4, -0.2) is 36.5 Å². The van der Waals surface area contributed by atoms with Gasteiger partial charge in [-0.3, -0.25) is 4.79 Å². The maximum absolute atomic E-state index is 12.3. The number of carbonyl (C=O) groups excluding carboxylic acids is 3. The molecule has 0 spiro atoms. The van der Waals surface area contributed by atoms with Gasteiger partial charge < -0.3 is 14.8 Å². The first-order valence-corrected chi connectivity index (χ1v) is 8.07. The van der Waals surface area contributed by atoms with E-state index in [9.17, 15) is 14.4 Å². The Balaban J connectivity index is 1.60. The molecule has 3 rings (SSSR count). The Morgan fingerprint density at radius 1 is 0.963 bits per heavy atom. The molecular weight excluding hydrogens is 348 g/mol. The molecule has 1 heterocycles. The highest BCUT2D eigenvalue weighted by Crippen LogP contribution is 2.17. The summed E-state index contributed by atoms with van der Waals surface area (Å²) in [6.07, 6.45) is 1.52. The third-order valence-electron chi connectivity index (χ3n) is 3.79. The lowest BCUT2D eigenvalue weighted by Gasteiger charge is -2.08. The number of anilines is 1. The molecule has 2 aromatic carbocycles. The number of carbonyl (C=O) groups is 3. The van der Waals surface area contributed by atoms with E-state index in [-0.39, 0.29) is 5.69 Å². The van der Waals surface area contributed by atoms with Crippen molar-refractivity contribution in [3.05, 3.63) is 72.1 Å². The second-order valence-electron chi connectivity index (χ2n) is 5.57. The van der Waals surface area contributed by atoms with Gasteiger partial charge in [0.15, 0.2) is 12.3 Å². The fraction of sp³-hybridized carbons (Fsp3) is 0.100. The van der Waals surface area contributed by atoms with Crippen molar-refractivity contribution in [3.63, 3.8) is 0 Å². The summed E-state index contributed by atoms with van der Waals surface area (Å²) in [7, 11) is 1.29. The number of nitrogens with zero attached hydrogens (tertiary/aromatic N) is 1. The molecule has 0 radical (unpaired) electrons. The average molecular weight is 364 g/mol. The summed E-state index contributed by atoms with van der Waals surface area (Å²) >= 11 is 0. The van der Waals surface area contributed by atoms with Crippen LogP contribution in [0.4, 0.5) is 5.69 Å². The molecule has 7 heteroatoms. The van der Waals surface area contributed by atoms with Crippen LogP contribution in [-0.2, 0) is 14.3 Å². The molecule has 27 heavy (non-hydrogen) atoms. The molecule has 1 amide bonds. The summed E-state index contributed by atoms with van der Waals surface area (Å²) in [5.74, 6) is -1.65. The van der Waals surface area contributed by atoms with Gasteiger partial charge >= 0.3 is 11.9 Å². The van der Waals surface area contributed by atoms with Crippen molar-refractivity contribution in [3.8, 4) is 0 Å². The molecule has 0 fully saturated rings. The average Bonchev–Trinajstić information content (AvgIpc) is 2.71. The number of esters is 2. The molecule has 0 bridgehead atoms. The van der Waals surface area contributed by atoms with Crippen molar-refractivity contribution in [1.82, 2.24) is 4.98 Å². The minimum absolute atomic E-state index is 0.156. The Hall–Kier alpha value is -3.74. The number of aromatic nitrogens is 1. The zero-order chi connectivity index (χ0) is 19.2. The van der Waals surface area contributed by atoms with E-state index in [0.29, 0.717) is 16.6 Å². The molecule has 136 valence electrons. The summed E-state index contributed by atoms with van der Waals surface area (Å²) in [6, 6.07) is 15.2. The lowest BCUT2D eigenvalue weighted by Crippen LogP contribution is -2.21. The van der Waals surface area contributed by atoms with Crippen molar-refractivity contribution in [2.75, 3.05) is 19.0 Å². The van der Waals surface area contributed by atoms with Crippen LogP contribution in [0, 0.1) is 0 Å². The van der Waals surface area contributed by atoms with Gasteiger partial charge in [0.25, 0.3) is 5.91 Å². The molecule has 3 aromatic rings. The van der Waals surface area contributed by atoms with E-state index >= 15 is 0 Å². The number of pyridine rings is 1. The first-order chi connectivity index (χ1) is 13.1. The molecule has 0 atom stereocenters. The quantitative estimate of drug-likeness (QED) is 0.700. The monoisotopic (exact) mass is 364 g/mol. The fourth-order valence-electron chi connectivity index (χ4n) is 2.49. The molecule has 0 saturated heterocycles. The Kier molecular flexibility index (Phi) is 5.41. The summed E-state index contributed by atoms with van der Waals surface area (Å²) in [5.41, 5.74) is 0.985. The molecule has 1 aromatic heterocycles. The molecule has 0 unspecified atom stereocenters.